The summed E-state index contributed by atoms with van der Waals surface area (Å²) in [4.78, 5) is 30.2. The molecule has 2 atom stereocenters. The Kier molecular flexibility index (Phi) is 6.06. The SMILES string of the molecule is CN1C(=O)C2(N=C1N)c1cc(-c3cncnc3)ccc1CC[C@@H]2CC1CCN(CC(F)F)CC1. The first kappa shape index (κ1) is 22.8. The summed E-state index contributed by atoms with van der Waals surface area (Å²) in [5, 5.41) is 0. The van der Waals surface area contributed by atoms with Gasteiger partial charge in [-0.2, -0.15) is 0 Å². The van der Waals surface area contributed by atoms with Crippen molar-refractivity contribution in [3.63, 3.8) is 0 Å². The first-order chi connectivity index (χ1) is 16.4. The summed E-state index contributed by atoms with van der Waals surface area (Å²) in [6.45, 7) is 1.18. The Labute approximate surface area is 198 Å². The molecule has 0 bridgehead atoms. The van der Waals surface area contributed by atoms with Gasteiger partial charge in [0.05, 0.1) is 6.54 Å². The number of aromatic nitrogens is 2. The smallest absolute Gasteiger partial charge is 0.261 e. The zero-order chi connectivity index (χ0) is 23.9. The van der Waals surface area contributed by atoms with E-state index in [0.29, 0.717) is 19.0 Å². The number of piperidine rings is 1. The third-order valence-corrected chi connectivity index (χ3v) is 7.75. The molecule has 1 saturated heterocycles. The van der Waals surface area contributed by atoms with Crippen LogP contribution in [-0.2, 0) is 16.8 Å². The van der Waals surface area contributed by atoms with Crippen LogP contribution in [0, 0.1) is 11.8 Å². The van der Waals surface area contributed by atoms with E-state index in [1.54, 1.807) is 19.4 Å². The van der Waals surface area contributed by atoms with Gasteiger partial charge in [0, 0.05) is 25.0 Å². The predicted octanol–water partition coefficient (Wildman–Crippen LogP) is 3.06. The van der Waals surface area contributed by atoms with Crippen LogP contribution >= 0.6 is 0 Å². The number of rotatable bonds is 5. The van der Waals surface area contributed by atoms with Crippen LogP contribution < -0.4 is 5.73 Å². The van der Waals surface area contributed by atoms with Crippen LogP contribution in [0.25, 0.3) is 11.1 Å². The minimum Gasteiger partial charge on any atom is -0.369 e. The normalized spacial score (nSPS) is 25.8. The molecule has 34 heavy (non-hydrogen) atoms. The maximum absolute atomic E-state index is 13.7. The average molecular weight is 469 g/mol. The summed E-state index contributed by atoms with van der Waals surface area (Å²) in [5.41, 5.74) is 9.00. The summed E-state index contributed by atoms with van der Waals surface area (Å²) in [6.07, 6.45) is 6.96. The number of halogens is 2. The molecule has 5 rings (SSSR count). The molecule has 3 aliphatic rings. The molecule has 1 fully saturated rings. The van der Waals surface area contributed by atoms with Gasteiger partial charge >= 0.3 is 0 Å². The van der Waals surface area contributed by atoms with E-state index in [-0.39, 0.29) is 24.3 Å². The standard InChI is InChI=1S/C25H30F2N6O/c1-32-23(34)25(31-24(32)28)20(10-16-6-8-33(9-7-16)14-22(26)27)5-4-17-2-3-18(11-21(17)25)19-12-29-15-30-13-19/h2-3,11-13,15-16,20,22H,4-10,14H2,1H3,(H2,28,31)/t20-,25?/m1/s1. The van der Waals surface area contributed by atoms with E-state index in [9.17, 15) is 13.6 Å². The van der Waals surface area contributed by atoms with Gasteiger partial charge < -0.3 is 5.73 Å². The van der Waals surface area contributed by atoms with Crippen molar-refractivity contribution in [2.24, 2.45) is 22.6 Å². The van der Waals surface area contributed by atoms with Gasteiger partial charge in [0.15, 0.2) is 11.5 Å². The molecule has 1 aliphatic carbocycles. The van der Waals surface area contributed by atoms with Gasteiger partial charge in [0.25, 0.3) is 12.3 Å². The molecule has 7 nitrogen and oxygen atoms in total. The van der Waals surface area contributed by atoms with Gasteiger partial charge in [-0.25, -0.2) is 23.7 Å². The number of aryl methyl sites for hydroxylation is 1. The number of guanidine groups is 1. The van der Waals surface area contributed by atoms with Gasteiger partial charge in [-0.3, -0.25) is 14.6 Å². The maximum atomic E-state index is 13.7. The Bertz CT molecular complexity index is 1090. The van der Waals surface area contributed by atoms with Gasteiger partial charge in [-0.05, 0) is 79.8 Å². The van der Waals surface area contributed by atoms with Crippen LogP contribution in [0.5, 0.6) is 0 Å². The summed E-state index contributed by atoms with van der Waals surface area (Å²) < 4.78 is 25.6. The number of fused-ring (bicyclic) bond motifs is 2. The van der Waals surface area contributed by atoms with Crippen LogP contribution in [0.2, 0.25) is 0 Å². The molecule has 2 aromatic rings. The maximum Gasteiger partial charge on any atom is 0.261 e. The van der Waals surface area contributed by atoms with Crippen molar-refractivity contribution in [3.8, 4) is 11.1 Å². The summed E-state index contributed by atoms with van der Waals surface area (Å²) in [6, 6.07) is 6.18. The largest absolute Gasteiger partial charge is 0.369 e. The number of benzene rings is 1. The van der Waals surface area contributed by atoms with E-state index in [1.807, 2.05) is 11.0 Å². The van der Waals surface area contributed by atoms with Crippen molar-refractivity contribution in [1.29, 1.82) is 0 Å². The molecule has 180 valence electrons. The molecule has 2 N–H and O–H groups in total. The lowest BCUT2D eigenvalue weighted by molar-refractivity contribution is -0.133. The predicted molar refractivity (Wildman–Crippen MR) is 125 cm³/mol. The summed E-state index contributed by atoms with van der Waals surface area (Å²) >= 11 is 0. The van der Waals surface area contributed by atoms with Crippen molar-refractivity contribution >= 4 is 11.9 Å². The van der Waals surface area contributed by atoms with E-state index in [1.165, 1.54) is 11.2 Å². The molecular weight excluding hydrogens is 438 g/mol. The second kappa shape index (κ2) is 9.02. The Balaban J connectivity index is 1.47. The molecule has 1 aromatic heterocycles. The first-order valence-corrected chi connectivity index (χ1v) is 11.9. The fourth-order valence-corrected chi connectivity index (χ4v) is 5.93. The highest BCUT2D eigenvalue weighted by molar-refractivity contribution is 6.07. The number of nitrogens with zero attached hydrogens (tertiary/aromatic N) is 5. The molecule has 1 amide bonds. The number of hydrogen-bond acceptors (Lipinski definition) is 6. The van der Waals surface area contributed by atoms with Crippen LogP contribution in [0.4, 0.5) is 8.78 Å². The van der Waals surface area contributed by atoms with E-state index in [2.05, 4.69) is 22.1 Å². The number of carbonyl (C=O) groups excluding carboxylic acids is 1. The highest BCUT2D eigenvalue weighted by Gasteiger charge is 2.56. The molecule has 0 radical (unpaired) electrons. The van der Waals surface area contributed by atoms with Crippen molar-refractivity contribution < 1.29 is 13.6 Å². The number of likely N-dealkylation sites (tertiary alicyclic amines) is 1. The molecule has 1 spiro atoms. The Morgan fingerprint density at radius 3 is 2.53 bits per heavy atom. The Hall–Kier alpha value is -2.94. The zero-order valence-electron chi connectivity index (χ0n) is 19.3. The van der Waals surface area contributed by atoms with Crippen molar-refractivity contribution in [2.75, 3.05) is 26.7 Å². The van der Waals surface area contributed by atoms with Gasteiger partial charge in [-0.15, -0.1) is 0 Å². The molecule has 1 aromatic carbocycles. The lowest BCUT2D eigenvalue weighted by Gasteiger charge is -2.42. The first-order valence-electron chi connectivity index (χ1n) is 11.9. The number of nitrogens with two attached hydrogens (primary N) is 1. The monoisotopic (exact) mass is 468 g/mol. The number of alkyl halides is 2. The minimum absolute atomic E-state index is 0.00456. The molecule has 1 unspecified atom stereocenters. The molecular formula is C25H30F2N6O. The Morgan fingerprint density at radius 2 is 1.88 bits per heavy atom. The fourth-order valence-electron chi connectivity index (χ4n) is 5.93. The van der Waals surface area contributed by atoms with E-state index in [4.69, 9.17) is 10.7 Å². The van der Waals surface area contributed by atoms with Gasteiger partial charge in [0.2, 0.25) is 0 Å². The molecule has 0 saturated carbocycles. The second-order valence-corrected chi connectivity index (χ2v) is 9.71. The topological polar surface area (TPSA) is 87.7 Å². The van der Waals surface area contributed by atoms with Crippen molar-refractivity contribution in [1.82, 2.24) is 19.8 Å². The number of hydrogen-bond donors (Lipinski definition) is 1. The number of likely N-dealkylation sites (N-methyl/N-ethyl adjacent to an activating group) is 1. The Morgan fingerprint density at radius 1 is 1.15 bits per heavy atom. The average Bonchev–Trinajstić information content (AvgIpc) is 3.07. The van der Waals surface area contributed by atoms with E-state index < -0.39 is 12.0 Å². The van der Waals surface area contributed by atoms with E-state index >= 15 is 0 Å². The van der Waals surface area contributed by atoms with Gasteiger partial charge in [0.1, 0.15) is 6.33 Å². The van der Waals surface area contributed by atoms with Crippen LogP contribution in [-0.4, -0.2) is 64.7 Å². The molecule has 3 heterocycles. The summed E-state index contributed by atoms with van der Waals surface area (Å²) in [5.74, 6) is 0.527. The minimum atomic E-state index is -2.30. The fraction of sp³-hybridized carbons (Fsp3) is 0.520. The van der Waals surface area contributed by atoms with E-state index in [0.717, 1.165) is 54.4 Å². The van der Waals surface area contributed by atoms with Crippen molar-refractivity contribution in [3.05, 3.63) is 48.0 Å². The van der Waals surface area contributed by atoms with Crippen LogP contribution in [0.1, 0.15) is 36.8 Å². The lowest BCUT2D eigenvalue weighted by atomic mass is 9.65. The third-order valence-electron chi connectivity index (χ3n) is 7.75. The summed E-state index contributed by atoms with van der Waals surface area (Å²) in [7, 11) is 1.68. The molecule has 2 aliphatic heterocycles. The number of amides is 1. The number of carbonyl (C=O) groups is 1. The third kappa shape index (κ3) is 3.96. The van der Waals surface area contributed by atoms with Crippen LogP contribution in [0.3, 0.4) is 0 Å². The van der Waals surface area contributed by atoms with Crippen molar-refractivity contribution in [2.45, 2.75) is 44.1 Å². The number of aliphatic imine (C=N–C) groups is 1. The second-order valence-electron chi connectivity index (χ2n) is 9.71. The zero-order valence-corrected chi connectivity index (χ0v) is 19.3. The quantitative estimate of drug-likeness (QED) is 0.729. The van der Waals surface area contributed by atoms with Gasteiger partial charge in [-0.1, -0.05) is 12.1 Å². The highest BCUT2D eigenvalue weighted by Crippen LogP contribution is 2.50. The van der Waals surface area contributed by atoms with Crippen LogP contribution in [0.15, 0.2) is 41.9 Å². The highest BCUT2D eigenvalue weighted by atomic mass is 19.3. The lowest BCUT2D eigenvalue weighted by Crippen LogP contribution is -2.48. The molecule has 9 heteroatoms.